The lowest BCUT2D eigenvalue weighted by atomic mass is 10.1. The SMILES string of the molecule is O=C1CCCN1c1ccc(CC(=O)N2CCC[C@@H]2c2nc3ccccc3s2)cc1. The van der Waals surface area contributed by atoms with Crippen LogP contribution in [0.1, 0.15) is 42.3 Å². The zero-order chi connectivity index (χ0) is 19.8. The van der Waals surface area contributed by atoms with Crippen LogP contribution in [0.15, 0.2) is 48.5 Å². The van der Waals surface area contributed by atoms with Gasteiger partial charge in [0.15, 0.2) is 0 Å². The lowest BCUT2D eigenvalue weighted by Crippen LogP contribution is -2.31. The normalized spacial score (nSPS) is 19.4. The Morgan fingerprint density at radius 2 is 1.90 bits per heavy atom. The van der Waals surface area contributed by atoms with E-state index in [-0.39, 0.29) is 17.9 Å². The summed E-state index contributed by atoms with van der Waals surface area (Å²) in [4.78, 5) is 33.6. The molecule has 29 heavy (non-hydrogen) atoms. The van der Waals surface area contributed by atoms with Crippen LogP contribution in [-0.2, 0) is 16.0 Å². The molecule has 0 radical (unpaired) electrons. The molecule has 3 aromatic rings. The number of amides is 2. The first-order valence-corrected chi connectivity index (χ1v) is 11.0. The highest BCUT2D eigenvalue weighted by Gasteiger charge is 2.32. The number of rotatable bonds is 4. The van der Waals surface area contributed by atoms with Crippen molar-refractivity contribution in [2.75, 3.05) is 18.0 Å². The number of carbonyl (C=O) groups is 2. The first-order chi connectivity index (χ1) is 14.2. The number of carbonyl (C=O) groups excluding carboxylic acids is 2. The van der Waals surface area contributed by atoms with E-state index >= 15 is 0 Å². The molecule has 2 amide bonds. The number of para-hydroxylation sites is 1. The summed E-state index contributed by atoms with van der Waals surface area (Å²) in [7, 11) is 0. The summed E-state index contributed by atoms with van der Waals surface area (Å²) in [5.41, 5.74) is 2.93. The Morgan fingerprint density at radius 3 is 2.66 bits per heavy atom. The van der Waals surface area contributed by atoms with Gasteiger partial charge in [-0.3, -0.25) is 9.59 Å². The van der Waals surface area contributed by atoms with Crippen molar-refractivity contribution >= 4 is 39.1 Å². The quantitative estimate of drug-likeness (QED) is 0.649. The second-order valence-electron chi connectivity index (χ2n) is 7.76. The average molecular weight is 406 g/mol. The number of thiazole rings is 1. The molecule has 148 valence electrons. The van der Waals surface area contributed by atoms with Crippen LogP contribution in [0.2, 0.25) is 0 Å². The monoisotopic (exact) mass is 405 g/mol. The summed E-state index contributed by atoms with van der Waals surface area (Å²) < 4.78 is 1.17. The Balaban J connectivity index is 1.30. The zero-order valence-electron chi connectivity index (χ0n) is 16.2. The van der Waals surface area contributed by atoms with E-state index in [9.17, 15) is 9.59 Å². The fourth-order valence-electron chi connectivity index (χ4n) is 4.35. The second kappa shape index (κ2) is 7.59. The van der Waals surface area contributed by atoms with Gasteiger partial charge in [0.2, 0.25) is 11.8 Å². The molecule has 1 atom stereocenters. The highest BCUT2D eigenvalue weighted by Crippen LogP contribution is 2.36. The fourth-order valence-corrected chi connectivity index (χ4v) is 5.46. The molecule has 2 aliphatic heterocycles. The number of fused-ring (bicyclic) bond motifs is 1. The lowest BCUT2D eigenvalue weighted by Gasteiger charge is -2.23. The third kappa shape index (κ3) is 3.53. The minimum absolute atomic E-state index is 0.0846. The molecule has 0 unspecified atom stereocenters. The summed E-state index contributed by atoms with van der Waals surface area (Å²) in [6, 6.07) is 16.1. The molecular weight excluding hydrogens is 382 g/mol. The molecule has 5 rings (SSSR count). The van der Waals surface area contributed by atoms with Gasteiger partial charge in [0, 0.05) is 25.2 Å². The van der Waals surface area contributed by atoms with Gasteiger partial charge >= 0.3 is 0 Å². The molecule has 0 bridgehead atoms. The van der Waals surface area contributed by atoms with Crippen molar-refractivity contribution in [1.82, 2.24) is 9.88 Å². The summed E-state index contributed by atoms with van der Waals surface area (Å²) in [6.45, 7) is 1.58. The van der Waals surface area contributed by atoms with Crippen LogP contribution in [0.4, 0.5) is 5.69 Å². The Kier molecular flexibility index (Phi) is 4.79. The number of aromatic nitrogens is 1. The smallest absolute Gasteiger partial charge is 0.227 e. The van der Waals surface area contributed by atoms with E-state index in [1.54, 1.807) is 11.3 Å². The maximum Gasteiger partial charge on any atom is 0.227 e. The minimum atomic E-state index is 0.0846. The maximum atomic E-state index is 13.0. The summed E-state index contributed by atoms with van der Waals surface area (Å²) in [5.74, 6) is 0.335. The van der Waals surface area contributed by atoms with Crippen molar-refractivity contribution in [3.63, 3.8) is 0 Å². The highest BCUT2D eigenvalue weighted by molar-refractivity contribution is 7.18. The third-order valence-corrected chi connectivity index (χ3v) is 6.98. The largest absolute Gasteiger partial charge is 0.333 e. The van der Waals surface area contributed by atoms with E-state index < -0.39 is 0 Å². The fraction of sp³-hybridized carbons (Fsp3) is 0.348. The topological polar surface area (TPSA) is 53.5 Å². The average Bonchev–Trinajstić information content (AvgIpc) is 3.47. The van der Waals surface area contributed by atoms with E-state index in [1.807, 2.05) is 52.3 Å². The van der Waals surface area contributed by atoms with Crippen LogP contribution in [-0.4, -0.2) is 34.8 Å². The standard InChI is InChI=1S/C23H23N3O2S/c27-21-8-4-13-25(21)17-11-9-16(10-12-17)15-22(28)26-14-3-6-19(26)23-24-18-5-1-2-7-20(18)29-23/h1-2,5,7,9-12,19H,3-4,6,8,13-15H2/t19-/m1/s1. The number of anilines is 1. The third-order valence-electron chi connectivity index (χ3n) is 5.85. The number of benzene rings is 2. The molecule has 2 saturated heterocycles. The second-order valence-corrected chi connectivity index (χ2v) is 8.82. The molecule has 2 fully saturated rings. The van der Waals surface area contributed by atoms with Crippen molar-refractivity contribution in [1.29, 1.82) is 0 Å². The van der Waals surface area contributed by atoms with Gasteiger partial charge < -0.3 is 9.80 Å². The van der Waals surface area contributed by atoms with Gasteiger partial charge in [0.05, 0.1) is 22.7 Å². The van der Waals surface area contributed by atoms with Crippen molar-refractivity contribution in [3.8, 4) is 0 Å². The highest BCUT2D eigenvalue weighted by atomic mass is 32.1. The van der Waals surface area contributed by atoms with Crippen LogP contribution in [0.25, 0.3) is 10.2 Å². The first kappa shape index (κ1) is 18.3. The molecular formula is C23H23N3O2S. The van der Waals surface area contributed by atoms with Crippen molar-refractivity contribution in [2.45, 2.75) is 38.1 Å². The van der Waals surface area contributed by atoms with Gasteiger partial charge in [-0.2, -0.15) is 0 Å². The molecule has 5 nitrogen and oxygen atoms in total. The molecule has 3 heterocycles. The predicted octanol–water partition coefficient (Wildman–Crippen LogP) is 4.33. The Hall–Kier alpha value is -2.73. The molecule has 6 heteroatoms. The number of nitrogens with zero attached hydrogens (tertiary/aromatic N) is 3. The van der Waals surface area contributed by atoms with E-state index in [1.165, 1.54) is 4.70 Å². The van der Waals surface area contributed by atoms with E-state index in [4.69, 9.17) is 4.98 Å². The van der Waals surface area contributed by atoms with Gasteiger partial charge in [-0.15, -0.1) is 11.3 Å². The lowest BCUT2D eigenvalue weighted by molar-refractivity contribution is -0.131. The molecule has 0 saturated carbocycles. The van der Waals surface area contributed by atoms with Crippen LogP contribution < -0.4 is 4.90 Å². The first-order valence-electron chi connectivity index (χ1n) is 10.2. The predicted molar refractivity (Wildman–Crippen MR) is 115 cm³/mol. The summed E-state index contributed by atoms with van der Waals surface area (Å²) >= 11 is 1.70. The van der Waals surface area contributed by atoms with Gasteiger partial charge in [-0.1, -0.05) is 24.3 Å². The summed E-state index contributed by atoms with van der Waals surface area (Å²) in [5, 5.41) is 1.04. The number of hydrogen-bond acceptors (Lipinski definition) is 4. The molecule has 0 N–H and O–H groups in total. The van der Waals surface area contributed by atoms with Crippen molar-refractivity contribution in [3.05, 3.63) is 59.1 Å². The number of likely N-dealkylation sites (tertiary alicyclic amines) is 1. The molecule has 2 aliphatic rings. The van der Waals surface area contributed by atoms with Crippen LogP contribution >= 0.6 is 11.3 Å². The van der Waals surface area contributed by atoms with E-state index in [0.29, 0.717) is 12.8 Å². The Labute approximate surface area is 174 Å². The Bertz CT molecular complexity index is 1030. The minimum Gasteiger partial charge on any atom is -0.333 e. The molecule has 0 aliphatic carbocycles. The summed E-state index contributed by atoms with van der Waals surface area (Å²) in [6.07, 6.45) is 3.92. The van der Waals surface area contributed by atoms with Gasteiger partial charge in [-0.05, 0) is 49.1 Å². The maximum absolute atomic E-state index is 13.0. The zero-order valence-corrected chi connectivity index (χ0v) is 17.0. The van der Waals surface area contributed by atoms with Gasteiger partial charge in [0.25, 0.3) is 0 Å². The van der Waals surface area contributed by atoms with Crippen LogP contribution in [0, 0.1) is 0 Å². The van der Waals surface area contributed by atoms with Crippen LogP contribution in [0.3, 0.4) is 0 Å². The van der Waals surface area contributed by atoms with E-state index in [2.05, 4.69) is 6.07 Å². The Morgan fingerprint density at radius 1 is 1.07 bits per heavy atom. The van der Waals surface area contributed by atoms with Crippen LogP contribution in [0.5, 0.6) is 0 Å². The van der Waals surface area contributed by atoms with E-state index in [0.717, 1.165) is 54.1 Å². The van der Waals surface area contributed by atoms with Crippen molar-refractivity contribution < 1.29 is 9.59 Å². The van der Waals surface area contributed by atoms with Crippen molar-refractivity contribution in [2.24, 2.45) is 0 Å². The molecule has 1 aromatic heterocycles. The molecule has 2 aromatic carbocycles. The van der Waals surface area contributed by atoms with Gasteiger partial charge in [-0.25, -0.2) is 4.98 Å². The van der Waals surface area contributed by atoms with Gasteiger partial charge in [0.1, 0.15) is 5.01 Å². The molecule has 0 spiro atoms. The number of hydrogen-bond donors (Lipinski definition) is 0.